The number of hydrogen-bond acceptors (Lipinski definition) is 4. The van der Waals surface area contributed by atoms with Crippen LogP contribution in [0.3, 0.4) is 0 Å². The molecule has 0 atom stereocenters. The van der Waals surface area contributed by atoms with E-state index in [-0.39, 0.29) is 16.9 Å². The minimum absolute atomic E-state index is 0.160. The van der Waals surface area contributed by atoms with Crippen molar-refractivity contribution in [3.8, 4) is 17.0 Å². The van der Waals surface area contributed by atoms with Gasteiger partial charge in [-0.25, -0.2) is 9.78 Å². The third-order valence-electron chi connectivity index (χ3n) is 6.29. The SMILES string of the molecule is CC(C)(C)CC(C)(C)Nc1c(-c2cccc(OC(=O)c3cccc4ccccc34)c2)nc2ccccn12. The molecule has 2 heterocycles. The number of fused-ring (bicyclic) bond motifs is 2. The van der Waals surface area contributed by atoms with Crippen LogP contribution in [0.25, 0.3) is 27.7 Å². The third-order valence-corrected chi connectivity index (χ3v) is 6.29. The molecule has 0 bridgehead atoms. The van der Waals surface area contributed by atoms with Gasteiger partial charge in [-0.15, -0.1) is 0 Å². The van der Waals surface area contributed by atoms with E-state index in [1.165, 1.54) is 0 Å². The van der Waals surface area contributed by atoms with Crippen LogP contribution in [0.4, 0.5) is 5.82 Å². The lowest BCUT2D eigenvalue weighted by atomic mass is 9.82. The minimum atomic E-state index is -0.381. The van der Waals surface area contributed by atoms with Gasteiger partial charge in [-0.3, -0.25) is 4.40 Å². The van der Waals surface area contributed by atoms with Crippen molar-refractivity contribution < 1.29 is 9.53 Å². The molecule has 37 heavy (non-hydrogen) atoms. The fourth-order valence-corrected chi connectivity index (χ4v) is 5.28. The molecule has 0 radical (unpaired) electrons. The number of anilines is 1. The van der Waals surface area contributed by atoms with E-state index in [0.29, 0.717) is 11.3 Å². The Morgan fingerprint density at radius 2 is 1.62 bits per heavy atom. The van der Waals surface area contributed by atoms with E-state index >= 15 is 0 Å². The molecule has 5 nitrogen and oxygen atoms in total. The standard InChI is InChI=1S/C32H33N3O2/c1-31(2,3)21-32(4,5)34-29-28(33-27-18-8-9-19-35(27)29)23-14-10-15-24(20-23)37-30(36)26-17-11-13-22-12-6-7-16-25(22)26/h6-20,34H,21H2,1-5H3. The van der Waals surface area contributed by atoms with Crippen LogP contribution in [0, 0.1) is 5.41 Å². The van der Waals surface area contributed by atoms with Crippen LogP contribution in [-0.4, -0.2) is 20.9 Å². The molecular weight excluding hydrogens is 458 g/mol. The Kier molecular flexibility index (Phi) is 6.24. The van der Waals surface area contributed by atoms with Gasteiger partial charge in [0.2, 0.25) is 0 Å². The number of esters is 1. The second kappa shape index (κ2) is 9.40. The van der Waals surface area contributed by atoms with Crippen molar-refractivity contribution in [1.29, 1.82) is 0 Å². The first kappa shape index (κ1) is 24.6. The van der Waals surface area contributed by atoms with Gasteiger partial charge in [0.15, 0.2) is 0 Å². The molecule has 0 aliphatic carbocycles. The summed E-state index contributed by atoms with van der Waals surface area (Å²) in [5.74, 6) is 1.02. The first-order valence-electron chi connectivity index (χ1n) is 12.7. The molecule has 0 saturated carbocycles. The Labute approximate surface area is 218 Å². The summed E-state index contributed by atoms with van der Waals surface area (Å²) in [5, 5.41) is 5.64. The van der Waals surface area contributed by atoms with E-state index in [9.17, 15) is 4.79 Å². The van der Waals surface area contributed by atoms with Crippen LogP contribution < -0.4 is 10.1 Å². The number of imidazole rings is 1. The zero-order valence-corrected chi connectivity index (χ0v) is 22.1. The summed E-state index contributed by atoms with van der Waals surface area (Å²) >= 11 is 0. The molecule has 0 aliphatic rings. The molecule has 0 amide bonds. The highest BCUT2D eigenvalue weighted by Crippen LogP contribution is 2.36. The second-order valence-corrected chi connectivity index (χ2v) is 11.4. The second-order valence-electron chi connectivity index (χ2n) is 11.4. The number of ether oxygens (including phenoxy) is 1. The molecule has 0 aliphatic heterocycles. The minimum Gasteiger partial charge on any atom is -0.423 e. The zero-order valence-electron chi connectivity index (χ0n) is 22.1. The van der Waals surface area contributed by atoms with Gasteiger partial charge in [0.1, 0.15) is 22.9 Å². The van der Waals surface area contributed by atoms with E-state index < -0.39 is 0 Å². The number of hydrogen-bond donors (Lipinski definition) is 1. The summed E-state index contributed by atoms with van der Waals surface area (Å²) in [7, 11) is 0. The van der Waals surface area contributed by atoms with Gasteiger partial charge in [0.05, 0.1) is 5.56 Å². The van der Waals surface area contributed by atoms with Crippen molar-refractivity contribution in [2.24, 2.45) is 5.41 Å². The van der Waals surface area contributed by atoms with Crippen LogP contribution in [0.2, 0.25) is 0 Å². The van der Waals surface area contributed by atoms with E-state index in [1.54, 1.807) is 12.1 Å². The third kappa shape index (κ3) is 5.36. The van der Waals surface area contributed by atoms with Crippen molar-refractivity contribution >= 4 is 28.2 Å². The molecule has 1 N–H and O–H groups in total. The number of rotatable bonds is 6. The van der Waals surface area contributed by atoms with Crippen LogP contribution in [-0.2, 0) is 0 Å². The van der Waals surface area contributed by atoms with E-state index in [2.05, 4.69) is 44.3 Å². The maximum atomic E-state index is 13.1. The largest absolute Gasteiger partial charge is 0.423 e. The molecule has 0 spiro atoms. The van der Waals surface area contributed by atoms with Crippen molar-refractivity contribution in [1.82, 2.24) is 9.38 Å². The predicted molar refractivity (Wildman–Crippen MR) is 151 cm³/mol. The highest BCUT2D eigenvalue weighted by atomic mass is 16.5. The number of pyridine rings is 1. The number of nitrogens with zero attached hydrogens (tertiary/aromatic N) is 2. The van der Waals surface area contributed by atoms with Gasteiger partial charge in [-0.05, 0) is 66.8 Å². The molecule has 5 aromatic rings. The normalized spacial score (nSPS) is 12.1. The van der Waals surface area contributed by atoms with Crippen molar-refractivity contribution in [3.05, 3.63) is 96.7 Å². The Morgan fingerprint density at radius 3 is 2.43 bits per heavy atom. The van der Waals surface area contributed by atoms with Crippen LogP contribution in [0.1, 0.15) is 51.4 Å². The quantitative estimate of drug-likeness (QED) is 0.193. The van der Waals surface area contributed by atoms with Gasteiger partial charge in [-0.2, -0.15) is 0 Å². The van der Waals surface area contributed by atoms with Gasteiger partial charge in [0, 0.05) is 17.3 Å². The van der Waals surface area contributed by atoms with E-state index in [0.717, 1.165) is 39.9 Å². The van der Waals surface area contributed by atoms with Crippen molar-refractivity contribution in [2.45, 2.75) is 46.6 Å². The molecule has 5 heteroatoms. The first-order valence-corrected chi connectivity index (χ1v) is 12.7. The molecule has 0 fully saturated rings. The molecular formula is C32H33N3O2. The van der Waals surface area contributed by atoms with Crippen LogP contribution in [0.5, 0.6) is 5.75 Å². The van der Waals surface area contributed by atoms with Crippen molar-refractivity contribution in [2.75, 3.05) is 5.32 Å². The Bertz CT molecular complexity index is 1590. The smallest absolute Gasteiger partial charge is 0.344 e. The molecule has 5 rings (SSSR count). The summed E-state index contributed by atoms with van der Waals surface area (Å²) in [6.07, 6.45) is 2.99. The first-order chi connectivity index (χ1) is 17.6. The summed E-state index contributed by atoms with van der Waals surface area (Å²) in [4.78, 5) is 18.1. The van der Waals surface area contributed by atoms with Gasteiger partial charge >= 0.3 is 5.97 Å². The average Bonchev–Trinajstić information content (AvgIpc) is 3.20. The highest BCUT2D eigenvalue weighted by molar-refractivity contribution is 6.05. The lowest BCUT2D eigenvalue weighted by Gasteiger charge is -2.34. The lowest BCUT2D eigenvalue weighted by Crippen LogP contribution is -2.36. The van der Waals surface area contributed by atoms with Crippen molar-refractivity contribution in [3.63, 3.8) is 0 Å². The number of benzene rings is 3. The Hall–Kier alpha value is -4.12. The monoisotopic (exact) mass is 491 g/mol. The number of aromatic nitrogens is 2. The summed E-state index contributed by atoms with van der Waals surface area (Å²) in [6, 6.07) is 27.1. The van der Waals surface area contributed by atoms with Crippen LogP contribution in [0.15, 0.2) is 91.1 Å². The lowest BCUT2D eigenvalue weighted by molar-refractivity contribution is 0.0737. The molecule has 188 valence electrons. The van der Waals surface area contributed by atoms with Gasteiger partial charge in [0.25, 0.3) is 0 Å². The van der Waals surface area contributed by atoms with E-state index in [4.69, 9.17) is 9.72 Å². The topological polar surface area (TPSA) is 55.6 Å². The van der Waals surface area contributed by atoms with Gasteiger partial charge < -0.3 is 10.1 Å². The molecule has 3 aromatic carbocycles. The summed E-state index contributed by atoms with van der Waals surface area (Å²) in [5.41, 5.74) is 3.08. The predicted octanol–water partition coefficient (Wildman–Crippen LogP) is 8.00. The van der Waals surface area contributed by atoms with E-state index in [1.807, 2.05) is 79.0 Å². The fraction of sp³-hybridized carbons (Fsp3) is 0.250. The highest BCUT2D eigenvalue weighted by Gasteiger charge is 2.28. The number of carbonyl (C=O) groups excluding carboxylic acids is 1. The maximum Gasteiger partial charge on any atom is 0.344 e. The van der Waals surface area contributed by atoms with Crippen LogP contribution >= 0.6 is 0 Å². The molecule has 0 unspecified atom stereocenters. The summed E-state index contributed by atoms with van der Waals surface area (Å²) < 4.78 is 7.94. The maximum absolute atomic E-state index is 13.1. The average molecular weight is 492 g/mol. The zero-order chi connectivity index (χ0) is 26.2. The number of carbonyl (C=O) groups is 1. The Morgan fingerprint density at radius 1 is 0.892 bits per heavy atom. The fourth-order valence-electron chi connectivity index (χ4n) is 5.28. The summed E-state index contributed by atoms with van der Waals surface area (Å²) in [6.45, 7) is 11.2. The molecule has 0 saturated heterocycles. The molecule has 2 aromatic heterocycles. The number of nitrogens with one attached hydrogen (secondary N) is 1. The Balaban J connectivity index is 1.50. The van der Waals surface area contributed by atoms with Gasteiger partial charge in [-0.1, -0.05) is 75.4 Å².